The Balaban J connectivity index is 1.88. The first-order valence-electron chi connectivity index (χ1n) is 7.78. The number of hydrogen-bond acceptors (Lipinski definition) is 2. The van der Waals surface area contributed by atoms with Crippen LogP contribution in [0.25, 0.3) is 6.08 Å². The third-order valence-electron chi connectivity index (χ3n) is 3.85. The van der Waals surface area contributed by atoms with Gasteiger partial charge in [0, 0.05) is 17.0 Å². The molecule has 0 unspecified atom stereocenters. The van der Waals surface area contributed by atoms with Crippen LogP contribution in [-0.4, -0.2) is 28.7 Å². The van der Waals surface area contributed by atoms with Crippen LogP contribution in [0.2, 0.25) is 0 Å². The number of aryl methyl sites for hydroxylation is 1. The van der Waals surface area contributed by atoms with E-state index in [4.69, 9.17) is 5.11 Å². The largest absolute Gasteiger partial charge is 0.677 e. The molecule has 4 nitrogen and oxygen atoms in total. The summed E-state index contributed by atoms with van der Waals surface area (Å²) in [4.78, 5) is 15.1. The van der Waals surface area contributed by atoms with Gasteiger partial charge in [-0.3, -0.25) is 13.4 Å². The molecule has 7 heteroatoms. The Hall–Kier alpha value is -2.96. The maximum atomic E-state index is 13.4. The fourth-order valence-corrected chi connectivity index (χ4v) is 2.68. The van der Waals surface area contributed by atoms with Crippen molar-refractivity contribution in [2.24, 2.45) is 4.99 Å². The minimum absolute atomic E-state index is 0.0528. The molecule has 1 aromatic carbocycles. The SMILES string of the molecule is O=C(O)CCc1ccc(/C=C2/C=CC(c3ccccc3)=N2)n1B(F)F. The molecule has 1 aliphatic rings. The topological polar surface area (TPSA) is 54.6 Å². The van der Waals surface area contributed by atoms with E-state index in [1.54, 1.807) is 18.2 Å². The van der Waals surface area contributed by atoms with Crippen molar-refractivity contribution >= 4 is 25.2 Å². The van der Waals surface area contributed by atoms with Gasteiger partial charge in [-0.2, -0.15) is 0 Å². The first-order valence-corrected chi connectivity index (χ1v) is 7.78. The number of halogens is 2. The molecule has 0 saturated carbocycles. The van der Waals surface area contributed by atoms with E-state index < -0.39 is 13.4 Å². The number of nitrogens with zero attached hydrogens (tertiary/aromatic N) is 2. The summed E-state index contributed by atoms with van der Waals surface area (Å²) in [7, 11) is -2.74. The second-order valence-electron chi connectivity index (χ2n) is 5.56. The molecule has 1 N–H and O–H groups in total. The molecule has 2 aromatic rings. The Kier molecular flexibility index (Phi) is 4.93. The van der Waals surface area contributed by atoms with Gasteiger partial charge in [0.2, 0.25) is 0 Å². The molecule has 3 rings (SSSR count). The molecular formula is C18H15BF2N2O2. The summed E-state index contributed by atoms with van der Waals surface area (Å²) in [6.07, 6.45) is 5.03. The first kappa shape index (κ1) is 16.9. The van der Waals surface area contributed by atoms with E-state index in [9.17, 15) is 13.4 Å². The second kappa shape index (κ2) is 7.30. The lowest BCUT2D eigenvalue weighted by Gasteiger charge is -2.07. The van der Waals surface area contributed by atoms with Crippen molar-refractivity contribution in [1.82, 2.24) is 4.48 Å². The fourth-order valence-electron chi connectivity index (χ4n) is 2.68. The molecule has 0 bridgehead atoms. The molecule has 0 radical (unpaired) electrons. The van der Waals surface area contributed by atoms with Crippen LogP contribution in [-0.2, 0) is 11.2 Å². The number of allylic oxidation sites excluding steroid dienone is 2. The van der Waals surface area contributed by atoms with Gasteiger partial charge in [-0.1, -0.05) is 30.3 Å². The van der Waals surface area contributed by atoms with Crippen LogP contribution in [0, 0.1) is 0 Å². The van der Waals surface area contributed by atoms with Crippen LogP contribution in [0.3, 0.4) is 0 Å². The number of benzene rings is 1. The molecule has 2 heterocycles. The third kappa shape index (κ3) is 3.93. The molecule has 0 atom stereocenters. The van der Waals surface area contributed by atoms with E-state index in [-0.39, 0.29) is 12.8 Å². The van der Waals surface area contributed by atoms with E-state index in [0.717, 1.165) is 15.8 Å². The van der Waals surface area contributed by atoms with Crippen molar-refractivity contribution in [2.45, 2.75) is 12.8 Å². The highest BCUT2D eigenvalue weighted by Gasteiger charge is 2.23. The number of aromatic nitrogens is 1. The Morgan fingerprint density at radius 3 is 2.60 bits per heavy atom. The van der Waals surface area contributed by atoms with E-state index in [2.05, 4.69) is 4.99 Å². The van der Waals surface area contributed by atoms with Crippen molar-refractivity contribution in [3.8, 4) is 0 Å². The molecule has 0 fully saturated rings. The standard InChI is InChI=1S/C18H15BF2N2O2/c20-19(21)23-15(9-11-18(24)25)7-8-16(23)12-14-6-10-17(22-14)13-4-2-1-3-5-13/h1-8,10,12H,9,11H2,(H,24,25)/b14-12-. The predicted molar refractivity (Wildman–Crippen MR) is 93.9 cm³/mol. The van der Waals surface area contributed by atoms with Crippen molar-refractivity contribution in [3.05, 3.63) is 77.3 Å². The van der Waals surface area contributed by atoms with Crippen molar-refractivity contribution in [1.29, 1.82) is 0 Å². The smallest absolute Gasteiger partial charge is 0.481 e. The molecule has 0 amide bonds. The Labute approximate surface area is 144 Å². The minimum atomic E-state index is -2.74. The van der Waals surface area contributed by atoms with Crippen LogP contribution in [0.1, 0.15) is 23.4 Å². The van der Waals surface area contributed by atoms with Crippen molar-refractivity contribution < 1.29 is 18.5 Å². The number of rotatable bonds is 6. The van der Waals surface area contributed by atoms with Gasteiger partial charge < -0.3 is 9.58 Å². The molecule has 1 aliphatic heterocycles. The molecule has 25 heavy (non-hydrogen) atoms. The van der Waals surface area contributed by atoms with Crippen LogP contribution < -0.4 is 0 Å². The van der Waals surface area contributed by atoms with E-state index >= 15 is 0 Å². The normalized spacial score (nSPS) is 14.8. The molecule has 0 aliphatic carbocycles. The Bertz CT molecular complexity index is 870. The average molecular weight is 340 g/mol. The zero-order chi connectivity index (χ0) is 17.8. The lowest BCUT2D eigenvalue weighted by atomic mass is 10.1. The van der Waals surface area contributed by atoms with Crippen molar-refractivity contribution in [3.63, 3.8) is 0 Å². The summed E-state index contributed by atoms with van der Waals surface area (Å²) in [6.45, 7) is 0. The van der Waals surface area contributed by atoms with E-state index in [0.29, 0.717) is 17.1 Å². The zero-order valence-corrected chi connectivity index (χ0v) is 13.3. The summed E-state index contributed by atoms with van der Waals surface area (Å²) in [5.74, 6) is -1.02. The highest BCUT2D eigenvalue weighted by atomic mass is 19.2. The predicted octanol–water partition coefficient (Wildman–Crippen LogP) is 3.68. The second-order valence-corrected chi connectivity index (χ2v) is 5.56. The summed E-state index contributed by atoms with van der Waals surface area (Å²) < 4.78 is 27.6. The molecule has 0 spiro atoms. The third-order valence-corrected chi connectivity index (χ3v) is 3.85. The highest BCUT2D eigenvalue weighted by Crippen LogP contribution is 2.21. The van der Waals surface area contributed by atoms with Gasteiger partial charge in [-0.25, -0.2) is 4.99 Å². The summed E-state index contributed by atoms with van der Waals surface area (Å²) in [5.41, 5.74) is 2.89. The van der Waals surface area contributed by atoms with Gasteiger partial charge in [0.1, 0.15) is 0 Å². The molecule has 126 valence electrons. The van der Waals surface area contributed by atoms with Gasteiger partial charge in [-0.05, 0) is 36.8 Å². The van der Waals surface area contributed by atoms with Crippen LogP contribution in [0.15, 0.2) is 65.3 Å². The van der Waals surface area contributed by atoms with E-state index in [1.807, 2.05) is 36.4 Å². The van der Waals surface area contributed by atoms with Gasteiger partial charge in [0.15, 0.2) is 0 Å². The summed E-state index contributed by atoms with van der Waals surface area (Å²) in [6, 6.07) is 12.7. The average Bonchev–Trinajstić information content (AvgIpc) is 3.21. The monoisotopic (exact) mass is 340 g/mol. The number of hydrogen-bond donors (Lipinski definition) is 1. The van der Waals surface area contributed by atoms with Gasteiger partial charge >= 0.3 is 13.4 Å². The lowest BCUT2D eigenvalue weighted by molar-refractivity contribution is -0.136. The van der Waals surface area contributed by atoms with Gasteiger partial charge in [0.05, 0.1) is 17.8 Å². The number of carboxylic acids is 1. The summed E-state index contributed by atoms with van der Waals surface area (Å²) in [5, 5.41) is 8.74. The zero-order valence-electron chi connectivity index (χ0n) is 13.3. The van der Waals surface area contributed by atoms with Crippen molar-refractivity contribution in [2.75, 3.05) is 0 Å². The van der Waals surface area contributed by atoms with Crippen LogP contribution in [0.4, 0.5) is 8.63 Å². The maximum Gasteiger partial charge on any atom is 0.677 e. The molecular weight excluding hydrogens is 325 g/mol. The van der Waals surface area contributed by atoms with Crippen LogP contribution >= 0.6 is 0 Å². The Morgan fingerprint density at radius 2 is 1.92 bits per heavy atom. The van der Waals surface area contributed by atoms with E-state index in [1.165, 1.54) is 6.07 Å². The number of aliphatic imine (C=N–C) groups is 1. The number of carbonyl (C=O) groups is 1. The van der Waals surface area contributed by atoms with Gasteiger partial charge in [-0.15, -0.1) is 0 Å². The maximum absolute atomic E-state index is 13.4. The number of carboxylic acid groups (broad SMARTS) is 1. The minimum Gasteiger partial charge on any atom is -0.481 e. The fraction of sp³-hybridized carbons (Fsp3) is 0.111. The molecule has 1 aromatic heterocycles. The highest BCUT2D eigenvalue weighted by molar-refractivity contribution is 6.41. The summed E-state index contributed by atoms with van der Waals surface area (Å²) >= 11 is 0. The lowest BCUT2D eigenvalue weighted by Crippen LogP contribution is -2.18. The molecule has 0 saturated heterocycles. The van der Waals surface area contributed by atoms with Crippen LogP contribution in [0.5, 0.6) is 0 Å². The van der Waals surface area contributed by atoms with Gasteiger partial charge in [0.25, 0.3) is 0 Å². The Morgan fingerprint density at radius 1 is 1.16 bits per heavy atom. The quantitative estimate of drug-likeness (QED) is 0.816. The number of aliphatic carboxylic acids is 1. The first-order chi connectivity index (χ1) is 12.0.